The smallest absolute Gasteiger partial charge is 0.276 e. The minimum atomic E-state index is 0.228. The number of aromatic amines is 1. The van der Waals surface area contributed by atoms with Crippen molar-refractivity contribution >= 4 is 0 Å². The summed E-state index contributed by atoms with van der Waals surface area (Å²) in [6, 6.07) is 13.7. The highest BCUT2D eigenvalue weighted by Gasteiger charge is 2.18. The zero-order valence-corrected chi connectivity index (χ0v) is 14.8. The van der Waals surface area contributed by atoms with Crippen LogP contribution < -0.4 is 9.47 Å². The molecule has 134 valence electrons. The van der Waals surface area contributed by atoms with Crippen LogP contribution in [0.1, 0.15) is 11.1 Å². The molecule has 0 saturated heterocycles. The summed E-state index contributed by atoms with van der Waals surface area (Å²) in [4.78, 5) is 4.47. The van der Waals surface area contributed by atoms with E-state index in [2.05, 4.69) is 52.4 Å². The van der Waals surface area contributed by atoms with Gasteiger partial charge in [-0.1, -0.05) is 28.9 Å². The second kappa shape index (κ2) is 5.98. The maximum Gasteiger partial charge on any atom is 0.276 e. The minimum Gasteiger partial charge on any atom is -0.454 e. The standard InChI is InChI=1S/C20H16N4O3/c1-11-3-5-14(12(2)7-11)15-9-16(23-22-15)20-21-19(24-27-20)13-4-6-17-18(8-13)26-10-25-17/h3-9H,10H2,1-2H3,(H,22,23). The molecule has 0 aliphatic carbocycles. The summed E-state index contributed by atoms with van der Waals surface area (Å²) in [5.74, 6) is 2.25. The second-order valence-corrected chi connectivity index (χ2v) is 6.48. The van der Waals surface area contributed by atoms with Crippen molar-refractivity contribution in [3.8, 4) is 45.7 Å². The van der Waals surface area contributed by atoms with Gasteiger partial charge < -0.3 is 14.0 Å². The number of rotatable bonds is 3. The van der Waals surface area contributed by atoms with Gasteiger partial charge >= 0.3 is 0 Å². The molecule has 0 spiro atoms. The zero-order chi connectivity index (χ0) is 18.4. The van der Waals surface area contributed by atoms with Gasteiger partial charge in [-0.2, -0.15) is 10.1 Å². The summed E-state index contributed by atoms with van der Waals surface area (Å²) in [5.41, 5.74) is 5.76. The molecule has 1 aliphatic rings. The molecule has 0 fully saturated rings. The van der Waals surface area contributed by atoms with E-state index in [9.17, 15) is 0 Å². The lowest BCUT2D eigenvalue weighted by atomic mass is 10.0. The Morgan fingerprint density at radius 2 is 1.85 bits per heavy atom. The molecule has 7 nitrogen and oxygen atoms in total. The number of nitrogens with zero attached hydrogens (tertiary/aromatic N) is 3. The van der Waals surface area contributed by atoms with E-state index in [0.717, 1.165) is 16.8 Å². The predicted molar refractivity (Wildman–Crippen MR) is 98.3 cm³/mol. The molecule has 0 amide bonds. The van der Waals surface area contributed by atoms with Crippen LogP contribution in [0.25, 0.3) is 34.2 Å². The van der Waals surface area contributed by atoms with Crippen LogP contribution in [0.5, 0.6) is 11.5 Å². The molecule has 0 saturated carbocycles. The van der Waals surface area contributed by atoms with Crippen LogP contribution in [0.2, 0.25) is 0 Å². The van der Waals surface area contributed by atoms with Crippen LogP contribution in [0, 0.1) is 13.8 Å². The number of aryl methyl sites for hydroxylation is 2. The van der Waals surface area contributed by atoms with Gasteiger partial charge in [-0.15, -0.1) is 0 Å². The Balaban J connectivity index is 1.46. The molecule has 0 radical (unpaired) electrons. The van der Waals surface area contributed by atoms with Crippen LogP contribution >= 0.6 is 0 Å². The van der Waals surface area contributed by atoms with Crippen LogP contribution in [0.15, 0.2) is 47.0 Å². The Morgan fingerprint density at radius 3 is 2.74 bits per heavy atom. The normalized spacial score (nSPS) is 12.5. The molecule has 27 heavy (non-hydrogen) atoms. The molecule has 7 heteroatoms. The predicted octanol–water partition coefficient (Wildman–Crippen LogP) is 4.14. The number of hydrogen-bond acceptors (Lipinski definition) is 6. The van der Waals surface area contributed by atoms with E-state index in [0.29, 0.717) is 28.9 Å². The van der Waals surface area contributed by atoms with Crippen molar-refractivity contribution in [2.24, 2.45) is 0 Å². The van der Waals surface area contributed by atoms with Crippen molar-refractivity contribution in [1.29, 1.82) is 0 Å². The molecule has 0 atom stereocenters. The van der Waals surface area contributed by atoms with Crippen LogP contribution in [-0.2, 0) is 0 Å². The van der Waals surface area contributed by atoms with Crippen molar-refractivity contribution in [2.75, 3.05) is 6.79 Å². The first kappa shape index (κ1) is 15.6. The van der Waals surface area contributed by atoms with E-state index in [1.165, 1.54) is 11.1 Å². The molecule has 1 N–H and O–H groups in total. The lowest BCUT2D eigenvalue weighted by Gasteiger charge is -2.02. The van der Waals surface area contributed by atoms with E-state index >= 15 is 0 Å². The minimum absolute atomic E-state index is 0.228. The van der Waals surface area contributed by atoms with E-state index in [4.69, 9.17) is 14.0 Å². The summed E-state index contributed by atoms with van der Waals surface area (Å²) in [6.07, 6.45) is 0. The Hall–Kier alpha value is -3.61. The summed E-state index contributed by atoms with van der Waals surface area (Å²) >= 11 is 0. The fourth-order valence-corrected chi connectivity index (χ4v) is 3.16. The molecular weight excluding hydrogens is 344 g/mol. The van der Waals surface area contributed by atoms with Gasteiger partial charge in [0.15, 0.2) is 11.5 Å². The maximum absolute atomic E-state index is 5.42. The van der Waals surface area contributed by atoms with Crippen molar-refractivity contribution in [3.05, 3.63) is 53.6 Å². The fourth-order valence-electron chi connectivity index (χ4n) is 3.16. The highest BCUT2D eigenvalue weighted by atomic mass is 16.7. The lowest BCUT2D eigenvalue weighted by Crippen LogP contribution is -1.92. The number of aromatic nitrogens is 4. The Labute approximate surface area is 155 Å². The average molecular weight is 360 g/mol. The van der Waals surface area contributed by atoms with Gasteiger partial charge in [0.1, 0.15) is 5.69 Å². The van der Waals surface area contributed by atoms with E-state index in [1.54, 1.807) is 0 Å². The molecule has 2 aromatic carbocycles. The van der Waals surface area contributed by atoms with Crippen LogP contribution in [0.3, 0.4) is 0 Å². The monoisotopic (exact) mass is 360 g/mol. The first-order chi connectivity index (χ1) is 13.2. The number of benzene rings is 2. The van der Waals surface area contributed by atoms with Crippen molar-refractivity contribution < 1.29 is 14.0 Å². The third-order valence-electron chi connectivity index (χ3n) is 4.52. The second-order valence-electron chi connectivity index (χ2n) is 6.48. The average Bonchev–Trinajstić information content (AvgIpc) is 3.40. The Kier molecular flexibility index (Phi) is 3.46. The van der Waals surface area contributed by atoms with Crippen molar-refractivity contribution in [1.82, 2.24) is 20.3 Å². The largest absolute Gasteiger partial charge is 0.454 e. The van der Waals surface area contributed by atoms with Gasteiger partial charge in [-0.25, -0.2) is 0 Å². The third-order valence-corrected chi connectivity index (χ3v) is 4.52. The van der Waals surface area contributed by atoms with Crippen molar-refractivity contribution in [2.45, 2.75) is 13.8 Å². The quantitative estimate of drug-likeness (QED) is 0.591. The number of hydrogen-bond donors (Lipinski definition) is 1. The number of nitrogens with one attached hydrogen (secondary N) is 1. The molecule has 2 aromatic heterocycles. The Bertz CT molecular complexity index is 1150. The lowest BCUT2D eigenvalue weighted by molar-refractivity contribution is 0.174. The number of H-pyrrole nitrogens is 1. The number of fused-ring (bicyclic) bond motifs is 1. The molecule has 1 aliphatic heterocycles. The molecule has 0 bridgehead atoms. The fraction of sp³-hybridized carbons (Fsp3) is 0.150. The van der Waals surface area contributed by atoms with Crippen molar-refractivity contribution in [3.63, 3.8) is 0 Å². The van der Waals surface area contributed by atoms with Gasteiger partial charge in [0, 0.05) is 11.1 Å². The molecular formula is C20H16N4O3. The SMILES string of the molecule is Cc1ccc(-c2cc(-c3nc(-c4ccc5c(c4)OCO5)no3)[nH]n2)c(C)c1. The first-order valence-corrected chi connectivity index (χ1v) is 8.54. The summed E-state index contributed by atoms with van der Waals surface area (Å²) < 4.78 is 16.1. The van der Waals surface area contributed by atoms with E-state index in [-0.39, 0.29) is 6.79 Å². The molecule has 3 heterocycles. The van der Waals surface area contributed by atoms with E-state index in [1.807, 2.05) is 24.3 Å². The van der Waals surface area contributed by atoms with Gasteiger partial charge in [0.25, 0.3) is 5.89 Å². The third kappa shape index (κ3) is 2.73. The van der Waals surface area contributed by atoms with Gasteiger partial charge in [-0.3, -0.25) is 5.10 Å². The summed E-state index contributed by atoms with van der Waals surface area (Å²) in [7, 11) is 0. The van der Waals surface area contributed by atoms with Gasteiger partial charge in [0.05, 0.1) is 5.69 Å². The molecule has 4 aromatic rings. The Morgan fingerprint density at radius 1 is 0.963 bits per heavy atom. The summed E-state index contributed by atoms with van der Waals surface area (Å²) in [5, 5.41) is 11.4. The highest BCUT2D eigenvalue weighted by Crippen LogP contribution is 2.35. The topological polar surface area (TPSA) is 86.1 Å². The van der Waals surface area contributed by atoms with Crippen LogP contribution in [0.4, 0.5) is 0 Å². The maximum atomic E-state index is 5.42. The number of ether oxygens (including phenoxy) is 2. The molecule has 5 rings (SSSR count). The summed E-state index contributed by atoms with van der Waals surface area (Å²) in [6.45, 7) is 4.37. The van der Waals surface area contributed by atoms with Crippen LogP contribution in [-0.4, -0.2) is 27.1 Å². The van der Waals surface area contributed by atoms with Gasteiger partial charge in [-0.05, 0) is 43.7 Å². The molecule has 0 unspecified atom stereocenters. The van der Waals surface area contributed by atoms with E-state index < -0.39 is 0 Å². The zero-order valence-electron chi connectivity index (χ0n) is 14.8. The first-order valence-electron chi connectivity index (χ1n) is 8.54. The highest BCUT2D eigenvalue weighted by molar-refractivity contribution is 5.69. The van der Waals surface area contributed by atoms with Gasteiger partial charge in [0.2, 0.25) is 12.6 Å².